The van der Waals surface area contributed by atoms with E-state index in [-0.39, 0.29) is 12.8 Å². The summed E-state index contributed by atoms with van der Waals surface area (Å²) in [7, 11) is -4.83. The van der Waals surface area contributed by atoms with Crippen LogP contribution in [0.15, 0.2) is 11.0 Å². The Morgan fingerprint density at radius 2 is 1.86 bits per heavy atom. The third kappa shape index (κ3) is 2.61. The summed E-state index contributed by atoms with van der Waals surface area (Å²) >= 11 is 0. The third-order valence-corrected chi connectivity index (χ3v) is 3.74. The lowest BCUT2D eigenvalue weighted by molar-refractivity contribution is -0.121. The van der Waals surface area contributed by atoms with E-state index in [0.717, 1.165) is 0 Å². The van der Waals surface area contributed by atoms with E-state index in [0.29, 0.717) is 11.0 Å². The first-order chi connectivity index (χ1) is 10.2. The SMILES string of the molecule is NNc1nc(N2C(=O)CCC2=O)c(C(=O)O)cc1S(=O)(=O)O. The predicted molar refractivity (Wildman–Crippen MR) is 70.5 cm³/mol. The molecule has 0 aliphatic carbocycles. The molecule has 2 amide bonds. The molecule has 1 aliphatic heterocycles. The van der Waals surface area contributed by atoms with Crippen molar-refractivity contribution in [2.24, 2.45) is 5.84 Å². The minimum atomic E-state index is -4.83. The summed E-state index contributed by atoms with van der Waals surface area (Å²) in [5.41, 5.74) is 1.13. The number of carboxylic acids is 1. The molecule has 118 valence electrons. The molecular formula is C10H10N4O7S. The number of pyridine rings is 1. The highest BCUT2D eigenvalue weighted by Gasteiger charge is 2.36. The van der Waals surface area contributed by atoms with E-state index < -0.39 is 50.0 Å². The van der Waals surface area contributed by atoms with Crippen LogP contribution in [-0.4, -0.2) is 40.8 Å². The lowest BCUT2D eigenvalue weighted by atomic mass is 10.2. The molecule has 0 unspecified atom stereocenters. The van der Waals surface area contributed by atoms with Crippen LogP contribution in [0.3, 0.4) is 0 Å². The van der Waals surface area contributed by atoms with Gasteiger partial charge in [0.05, 0.1) is 0 Å². The fraction of sp³-hybridized carbons (Fsp3) is 0.200. The summed E-state index contributed by atoms with van der Waals surface area (Å²) < 4.78 is 31.5. The van der Waals surface area contributed by atoms with Crippen LogP contribution in [0.4, 0.5) is 11.6 Å². The van der Waals surface area contributed by atoms with E-state index in [1.54, 1.807) is 0 Å². The van der Waals surface area contributed by atoms with Crippen LogP contribution >= 0.6 is 0 Å². The number of nitrogen functional groups attached to an aromatic ring is 1. The molecule has 0 radical (unpaired) electrons. The number of nitrogens with zero attached hydrogens (tertiary/aromatic N) is 2. The van der Waals surface area contributed by atoms with Gasteiger partial charge in [-0.1, -0.05) is 0 Å². The van der Waals surface area contributed by atoms with E-state index in [2.05, 4.69) is 4.98 Å². The number of nitrogens with two attached hydrogens (primary N) is 1. The van der Waals surface area contributed by atoms with Crippen molar-refractivity contribution < 1.29 is 32.5 Å². The second-order valence-corrected chi connectivity index (χ2v) is 5.64. The van der Waals surface area contributed by atoms with Gasteiger partial charge in [-0.25, -0.2) is 20.5 Å². The predicted octanol–water partition coefficient (Wildman–Crippen LogP) is -1.03. The molecule has 0 aromatic carbocycles. The van der Waals surface area contributed by atoms with Gasteiger partial charge in [-0.3, -0.25) is 14.1 Å². The second-order valence-electron chi connectivity index (χ2n) is 4.25. The summed E-state index contributed by atoms with van der Waals surface area (Å²) in [5.74, 6) is 0.924. The molecular weight excluding hydrogens is 320 g/mol. The molecule has 2 rings (SSSR count). The van der Waals surface area contributed by atoms with E-state index in [1.165, 1.54) is 0 Å². The lowest BCUT2D eigenvalue weighted by Gasteiger charge is -2.17. The van der Waals surface area contributed by atoms with Crippen LogP contribution in [0.25, 0.3) is 0 Å². The number of hydrazine groups is 1. The Balaban J connectivity index is 2.76. The highest BCUT2D eigenvalue weighted by molar-refractivity contribution is 7.86. The Kier molecular flexibility index (Phi) is 3.83. The third-order valence-electron chi connectivity index (χ3n) is 2.88. The van der Waals surface area contributed by atoms with Gasteiger partial charge >= 0.3 is 5.97 Å². The van der Waals surface area contributed by atoms with Gasteiger partial charge < -0.3 is 10.5 Å². The number of amides is 2. The summed E-state index contributed by atoms with van der Waals surface area (Å²) in [6.07, 6.45) is -0.240. The molecule has 1 saturated heterocycles. The zero-order valence-corrected chi connectivity index (χ0v) is 11.6. The zero-order chi connectivity index (χ0) is 16.7. The Morgan fingerprint density at radius 1 is 1.32 bits per heavy atom. The molecule has 0 atom stereocenters. The highest BCUT2D eigenvalue weighted by Crippen LogP contribution is 2.30. The molecule has 5 N–H and O–H groups in total. The van der Waals surface area contributed by atoms with Crippen LogP contribution in [0, 0.1) is 0 Å². The van der Waals surface area contributed by atoms with Gasteiger partial charge in [-0.05, 0) is 6.07 Å². The fourth-order valence-electron chi connectivity index (χ4n) is 1.93. The Hall–Kier alpha value is -2.57. The summed E-state index contributed by atoms with van der Waals surface area (Å²) in [4.78, 5) is 37.9. The van der Waals surface area contributed by atoms with Gasteiger partial charge in [0.25, 0.3) is 10.1 Å². The first kappa shape index (κ1) is 15.8. The normalized spacial score (nSPS) is 15.3. The number of carboxylic acid groups (broad SMARTS) is 1. The topological polar surface area (TPSA) is 180 Å². The van der Waals surface area contributed by atoms with Gasteiger partial charge in [0, 0.05) is 12.8 Å². The number of rotatable bonds is 4. The average molecular weight is 330 g/mol. The van der Waals surface area contributed by atoms with Crippen molar-refractivity contribution in [2.45, 2.75) is 17.7 Å². The van der Waals surface area contributed by atoms with Crippen molar-refractivity contribution in [1.29, 1.82) is 0 Å². The van der Waals surface area contributed by atoms with Gasteiger partial charge in [-0.15, -0.1) is 0 Å². The standard InChI is InChI=1S/C10H10N4O7S/c11-13-8-5(22(19,20)21)3-4(10(17)18)9(12-8)14-6(15)1-2-7(14)16/h3H,1-2,11H2,(H,12,13)(H,17,18)(H,19,20,21). The molecule has 0 bridgehead atoms. The van der Waals surface area contributed by atoms with E-state index >= 15 is 0 Å². The first-order valence-electron chi connectivity index (χ1n) is 5.75. The number of carbonyl (C=O) groups excluding carboxylic acids is 2. The Labute approximate surface area is 123 Å². The minimum absolute atomic E-state index is 0.120. The minimum Gasteiger partial charge on any atom is -0.478 e. The van der Waals surface area contributed by atoms with Crippen LogP contribution in [0.5, 0.6) is 0 Å². The van der Waals surface area contributed by atoms with Crippen LogP contribution in [-0.2, 0) is 19.7 Å². The van der Waals surface area contributed by atoms with E-state index in [1.807, 2.05) is 5.43 Å². The van der Waals surface area contributed by atoms with Crippen molar-refractivity contribution in [3.05, 3.63) is 11.6 Å². The zero-order valence-electron chi connectivity index (χ0n) is 10.8. The van der Waals surface area contributed by atoms with Gasteiger partial charge in [0.1, 0.15) is 10.5 Å². The number of hydrogen-bond acceptors (Lipinski definition) is 8. The number of anilines is 2. The van der Waals surface area contributed by atoms with E-state index in [9.17, 15) is 22.8 Å². The van der Waals surface area contributed by atoms with Crippen molar-refractivity contribution in [2.75, 3.05) is 10.3 Å². The molecule has 11 nitrogen and oxygen atoms in total. The maximum absolute atomic E-state index is 11.7. The van der Waals surface area contributed by atoms with Gasteiger partial charge in [0.15, 0.2) is 11.6 Å². The summed E-state index contributed by atoms with van der Waals surface area (Å²) in [6.45, 7) is 0. The number of aromatic nitrogens is 1. The van der Waals surface area contributed by atoms with Crippen LogP contribution in [0.2, 0.25) is 0 Å². The molecule has 22 heavy (non-hydrogen) atoms. The Bertz CT molecular complexity index is 773. The average Bonchev–Trinajstić information content (AvgIpc) is 2.75. The number of carbonyl (C=O) groups is 3. The number of aromatic carboxylic acids is 1. The van der Waals surface area contributed by atoms with Crippen LogP contribution in [0.1, 0.15) is 23.2 Å². The molecule has 1 fully saturated rings. The quantitative estimate of drug-likeness (QED) is 0.230. The van der Waals surface area contributed by atoms with Crippen molar-refractivity contribution in [3.8, 4) is 0 Å². The van der Waals surface area contributed by atoms with Gasteiger partial charge in [-0.2, -0.15) is 8.42 Å². The maximum atomic E-state index is 11.7. The van der Waals surface area contributed by atoms with E-state index in [4.69, 9.17) is 15.5 Å². The van der Waals surface area contributed by atoms with Crippen molar-refractivity contribution in [3.63, 3.8) is 0 Å². The number of imide groups is 1. The van der Waals surface area contributed by atoms with Crippen molar-refractivity contribution in [1.82, 2.24) is 4.98 Å². The molecule has 12 heteroatoms. The van der Waals surface area contributed by atoms with Gasteiger partial charge in [0.2, 0.25) is 11.8 Å². The lowest BCUT2D eigenvalue weighted by Crippen LogP contribution is -2.32. The summed E-state index contributed by atoms with van der Waals surface area (Å²) in [6, 6.07) is 0.564. The molecule has 1 aliphatic rings. The molecule has 1 aromatic heterocycles. The monoisotopic (exact) mass is 330 g/mol. The molecule has 1 aromatic rings. The van der Waals surface area contributed by atoms with Crippen molar-refractivity contribution >= 4 is 39.5 Å². The number of hydrogen-bond donors (Lipinski definition) is 4. The number of nitrogens with one attached hydrogen (secondary N) is 1. The molecule has 0 spiro atoms. The second kappa shape index (κ2) is 5.32. The Morgan fingerprint density at radius 3 is 2.27 bits per heavy atom. The first-order valence-corrected chi connectivity index (χ1v) is 7.19. The summed E-state index contributed by atoms with van der Waals surface area (Å²) in [5, 5.41) is 9.13. The fourth-order valence-corrected chi connectivity index (χ4v) is 2.54. The molecule has 2 heterocycles. The van der Waals surface area contributed by atoms with Crippen LogP contribution < -0.4 is 16.2 Å². The highest BCUT2D eigenvalue weighted by atomic mass is 32.2. The largest absolute Gasteiger partial charge is 0.478 e. The molecule has 0 saturated carbocycles. The maximum Gasteiger partial charge on any atom is 0.339 e. The smallest absolute Gasteiger partial charge is 0.339 e.